The summed E-state index contributed by atoms with van der Waals surface area (Å²) < 4.78 is 60.2. The van der Waals surface area contributed by atoms with Gasteiger partial charge in [0.1, 0.15) is 37.1 Å². The highest BCUT2D eigenvalue weighted by atomic mass is 16.8. The van der Waals surface area contributed by atoms with E-state index in [9.17, 15) is 24.3 Å². The van der Waals surface area contributed by atoms with Crippen molar-refractivity contribution in [1.82, 2.24) is 0 Å². The van der Waals surface area contributed by atoms with Gasteiger partial charge in [0.25, 0.3) is 0 Å². The van der Waals surface area contributed by atoms with Gasteiger partial charge in [0.05, 0.1) is 26.4 Å². The molecule has 15 heteroatoms. The van der Waals surface area contributed by atoms with Gasteiger partial charge in [0.15, 0.2) is 30.9 Å². The summed E-state index contributed by atoms with van der Waals surface area (Å²) in [6.45, 7) is 4.29. The Morgan fingerprint density at radius 2 is 0.982 bits per heavy atom. The van der Waals surface area contributed by atoms with Crippen LogP contribution in [0.4, 0.5) is 0 Å². The standard InChI is InChI=1S/C41H48O15/c1-25(42)48-24-33-35(51-26(2)43)37(52-27(3)44)39(53-28(4)45)41(55-33)56-34-32(23-47-20-29-14-8-5-9-15-29)54-40(46)38(50-22-31-18-12-7-13-19-31)36(34)49-21-30-16-10-6-11-17-30/h5-19,32-41,46H,20-24H2,1-4H3/t32-,33-,34-,35-,36+,37+,38-,39-,40+,41+/m1/s1. The molecule has 2 aliphatic heterocycles. The molecule has 3 aromatic rings. The summed E-state index contributed by atoms with van der Waals surface area (Å²) in [6.07, 6.45) is -13.3. The number of esters is 4. The minimum Gasteiger partial charge on any atom is -0.463 e. The van der Waals surface area contributed by atoms with Gasteiger partial charge in [-0.05, 0) is 16.7 Å². The Hall–Kier alpha value is -4.74. The van der Waals surface area contributed by atoms with Crippen LogP contribution in [0.25, 0.3) is 0 Å². The van der Waals surface area contributed by atoms with E-state index in [1.54, 1.807) is 0 Å². The number of rotatable bonds is 17. The monoisotopic (exact) mass is 780 g/mol. The van der Waals surface area contributed by atoms with Crippen LogP contribution in [0, 0.1) is 0 Å². The number of carbonyl (C=O) groups is 4. The highest BCUT2D eigenvalue weighted by Gasteiger charge is 2.56. The third-order valence-electron chi connectivity index (χ3n) is 8.81. The Morgan fingerprint density at radius 3 is 1.50 bits per heavy atom. The number of carbonyl (C=O) groups excluding carboxylic acids is 4. The number of hydrogen-bond donors (Lipinski definition) is 1. The van der Waals surface area contributed by atoms with Crippen LogP contribution in [0.1, 0.15) is 44.4 Å². The maximum atomic E-state index is 12.6. The molecule has 2 saturated heterocycles. The molecule has 3 aromatic carbocycles. The predicted molar refractivity (Wildman–Crippen MR) is 194 cm³/mol. The number of hydrogen-bond acceptors (Lipinski definition) is 15. The second kappa shape index (κ2) is 21.0. The summed E-state index contributed by atoms with van der Waals surface area (Å²) in [4.78, 5) is 49.4. The first-order valence-corrected chi connectivity index (χ1v) is 18.2. The van der Waals surface area contributed by atoms with Crippen LogP contribution in [-0.2, 0) is 86.4 Å². The molecule has 0 aromatic heterocycles. The molecule has 1 N–H and O–H groups in total. The molecule has 0 saturated carbocycles. The van der Waals surface area contributed by atoms with E-state index in [1.165, 1.54) is 6.92 Å². The average Bonchev–Trinajstić information content (AvgIpc) is 3.16. The van der Waals surface area contributed by atoms with Crippen molar-refractivity contribution >= 4 is 23.9 Å². The van der Waals surface area contributed by atoms with Gasteiger partial charge in [-0.15, -0.1) is 0 Å². The van der Waals surface area contributed by atoms with Crippen molar-refractivity contribution in [1.29, 1.82) is 0 Å². The summed E-state index contributed by atoms with van der Waals surface area (Å²) in [5.74, 6) is -3.05. The summed E-state index contributed by atoms with van der Waals surface area (Å²) in [5, 5.41) is 11.5. The topological polar surface area (TPSA) is 181 Å². The highest BCUT2D eigenvalue weighted by molar-refractivity contribution is 5.68. The number of benzene rings is 3. The molecule has 56 heavy (non-hydrogen) atoms. The molecule has 2 aliphatic rings. The lowest BCUT2D eigenvalue weighted by Gasteiger charge is -2.48. The van der Waals surface area contributed by atoms with Crippen molar-refractivity contribution in [2.45, 2.75) is 109 Å². The fraction of sp³-hybridized carbons (Fsp3) is 0.463. The molecule has 2 fully saturated rings. The van der Waals surface area contributed by atoms with E-state index in [2.05, 4.69) is 0 Å². The van der Waals surface area contributed by atoms with E-state index in [-0.39, 0.29) is 26.4 Å². The first-order chi connectivity index (χ1) is 27.0. The molecule has 5 rings (SSSR count). The van der Waals surface area contributed by atoms with Crippen molar-refractivity contribution in [3.8, 4) is 0 Å². The lowest BCUT2D eigenvalue weighted by atomic mass is 9.96. The summed E-state index contributed by atoms with van der Waals surface area (Å²) in [6, 6.07) is 28.0. The minimum atomic E-state index is -1.59. The lowest BCUT2D eigenvalue weighted by Crippen LogP contribution is -2.66. The largest absolute Gasteiger partial charge is 0.463 e. The third kappa shape index (κ3) is 12.4. The maximum Gasteiger partial charge on any atom is 0.303 e. The molecule has 0 amide bonds. The summed E-state index contributed by atoms with van der Waals surface area (Å²) in [7, 11) is 0. The molecule has 15 nitrogen and oxygen atoms in total. The fourth-order valence-corrected chi connectivity index (χ4v) is 6.41. The van der Waals surface area contributed by atoms with Crippen molar-refractivity contribution in [2.75, 3.05) is 13.2 Å². The molecular formula is C41H48O15. The van der Waals surface area contributed by atoms with Gasteiger partial charge < -0.3 is 52.5 Å². The van der Waals surface area contributed by atoms with Crippen LogP contribution in [-0.4, -0.2) is 104 Å². The Morgan fingerprint density at radius 1 is 0.518 bits per heavy atom. The van der Waals surface area contributed by atoms with E-state index in [4.69, 9.17) is 47.4 Å². The van der Waals surface area contributed by atoms with Gasteiger partial charge in [-0.2, -0.15) is 0 Å². The zero-order chi connectivity index (χ0) is 40.0. The fourth-order valence-electron chi connectivity index (χ4n) is 6.41. The second-order valence-corrected chi connectivity index (χ2v) is 13.3. The van der Waals surface area contributed by atoms with Gasteiger partial charge in [0.2, 0.25) is 0 Å². The van der Waals surface area contributed by atoms with Crippen LogP contribution in [0.5, 0.6) is 0 Å². The lowest BCUT2D eigenvalue weighted by molar-refractivity contribution is -0.365. The molecule has 0 bridgehead atoms. The second-order valence-electron chi connectivity index (χ2n) is 13.3. The molecule has 10 atom stereocenters. The molecular weight excluding hydrogens is 732 g/mol. The van der Waals surface area contributed by atoms with E-state index < -0.39 is 91.9 Å². The van der Waals surface area contributed by atoms with Crippen molar-refractivity contribution in [3.05, 3.63) is 108 Å². The Kier molecular flexibility index (Phi) is 15.9. The van der Waals surface area contributed by atoms with Crippen LogP contribution < -0.4 is 0 Å². The van der Waals surface area contributed by atoms with E-state index >= 15 is 0 Å². The third-order valence-corrected chi connectivity index (χ3v) is 8.81. The SMILES string of the molecule is CC(=O)OC[C@H]1O[C@@H](O[C@H]2[C@H](OCc3ccccc3)[C@@H](OCc3ccccc3)[C@@H](O)O[C@@H]2COCc2ccccc2)[C@H](OC(C)=O)[C@@H](OC(C)=O)[C@@H]1OC(C)=O. The minimum absolute atomic E-state index is 0.0550. The van der Waals surface area contributed by atoms with Crippen LogP contribution in [0.2, 0.25) is 0 Å². The van der Waals surface area contributed by atoms with Crippen LogP contribution in [0.15, 0.2) is 91.0 Å². The number of aliphatic hydroxyl groups is 1. The van der Waals surface area contributed by atoms with Crippen LogP contribution in [0.3, 0.4) is 0 Å². The zero-order valence-corrected chi connectivity index (χ0v) is 31.6. The first-order valence-electron chi connectivity index (χ1n) is 18.2. The number of aliphatic hydroxyl groups excluding tert-OH is 1. The van der Waals surface area contributed by atoms with Gasteiger partial charge in [-0.3, -0.25) is 19.2 Å². The highest BCUT2D eigenvalue weighted by Crippen LogP contribution is 2.35. The Labute approximate surface area is 325 Å². The number of ether oxygens (including phenoxy) is 10. The van der Waals surface area contributed by atoms with Gasteiger partial charge >= 0.3 is 23.9 Å². The normalized spacial score (nSPS) is 27.4. The van der Waals surface area contributed by atoms with Crippen molar-refractivity contribution in [3.63, 3.8) is 0 Å². The van der Waals surface area contributed by atoms with E-state index in [0.29, 0.717) is 0 Å². The molecule has 0 radical (unpaired) electrons. The summed E-state index contributed by atoms with van der Waals surface area (Å²) >= 11 is 0. The predicted octanol–water partition coefficient (Wildman–Crippen LogP) is 3.56. The molecule has 2 heterocycles. The summed E-state index contributed by atoms with van der Waals surface area (Å²) in [5.41, 5.74) is 2.49. The van der Waals surface area contributed by atoms with E-state index in [1.807, 2.05) is 91.0 Å². The first kappa shape index (κ1) is 42.4. The van der Waals surface area contributed by atoms with Crippen molar-refractivity contribution < 1.29 is 71.7 Å². The maximum absolute atomic E-state index is 12.6. The quantitative estimate of drug-likeness (QED) is 0.155. The molecule has 0 spiro atoms. The molecule has 302 valence electrons. The van der Waals surface area contributed by atoms with E-state index in [0.717, 1.165) is 37.5 Å². The van der Waals surface area contributed by atoms with Gasteiger partial charge in [-0.1, -0.05) is 91.0 Å². The smallest absolute Gasteiger partial charge is 0.303 e. The average molecular weight is 781 g/mol. The van der Waals surface area contributed by atoms with Gasteiger partial charge in [0, 0.05) is 27.7 Å². The van der Waals surface area contributed by atoms with Crippen LogP contribution >= 0.6 is 0 Å². The zero-order valence-electron chi connectivity index (χ0n) is 31.6. The van der Waals surface area contributed by atoms with Crippen molar-refractivity contribution in [2.24, 2.45) is 0 Å². The molecule has 0 aliphatic carbocycles. The van der Waals surface area contributed by atoms with Gasteiger partial charge in [-0.25, -0.2) is 0 Å². The Bertz CT molecular complexity index is 1690. The molecule has 0 unspecified atom stereocenters. The Balaban J connectivity index is 1.54.